The molecule has 0 saturated heterocycles. The maximum absolute atomic E-state index is 11.5. The molecule has 0 spiro atoms. The van der Waals surface area contributed by atoms with Gasteiger partial charge in [-0.3, -0.25) is 4.84 Å². The first-order chi connectivity index (χ1) is 5.92. The molecule has 0 aromatic carbocycles. The van der Waals surface area contributed by atoms with Crippen LogP contribution in [0.15, 0.2) is 0 Å². The van der Waals surface area contributed by atoms with Crippen molar-refractivity contribution in [3.8, 4) is 0 Å². The summed E-state index contributed by atoms with van der Waals surface area (Å²) >= 11 is 0. The van der Waals surface area contributed by atoms with Crippen LogP contribution in [0.4, 0.5) is 13.2 Å². The maximum atomic E-state index is 11.5. The molecule has 0 aliphatic heterocycles. The van der Waals surface area contributed by atoms with Crippen molar-refractivity contribution in [3.63, 3.8) is 0 Å². The van der Waals surface area contributed by atoms with Gasteiger partial charge in [0.05, 0.1) is 0 Å². The lowest BCUT2D eigenvalue weighted by Crippen LogP contribution is -2.25. The molecule has 0 amide bonds. The molecular weight excluding hydrogens is 183 g/mol. The van der Waals surface area contributed by atoms with E-state index < -0.39 is 12.8 Å². The molecule has 0 saturated carbocycles. The van der Waals surface area contributed by atoms with Crippen LogP contribution >= 0.6 is 0 Å². The van der Waals surface area contributed by atoms with E-state index in [0.717, 1.165) is 12.8 Å². The summed E-state index contributed by atoms with van der Waals surface area (Å²) in [5, 5.41) is 0. The Bertz CT molecular complexity index is 125. The van der Waals surface area contributed by atoms with E-state index in [4.69, 9.17) is 0 Å². The monoisotopic (exact) mass is 199 g/mol. The van der Waals surface area contributed by atoms with Gasteiger partial charge in [0.25, 0.3) is 0 Å². The molecule has 0 heterocycles. The number of nitrogens with one attached hydrogen (secondary N) is 1. The highest BCUT2D eigenvalue weighted by molar-refractivity contribution is 4.47. The minimum absolute atomic E-state index is 0.467. The van der Waals surface area contributed by atoms with Crippen LogP contribution < -0.4 is 5.48 Å². The number of rotatable bonds is 6. The van der Waals surface area contributed by atoms with Crippen LogP contribution in [0.5, 0.6) is 0 Å². The Labute approximate surface area is 76.4 Å². The average Bonchev–Trinajstić information content (AvgIpc) is 1.93. The van der Waals surface area contributed by atoms with Crippen LogP contribution in [-0.2, 0) is 4.84 Å². The second-order valence-electron chi connectivity index (χ2n) is 3.33. The number of alkyl halides is 3. The van der Waals surface area contributed by atoms with Crippen molar-refractivity contribution < 1.29 is 18.0 Å². The Kier molecular flexibility index (Phi) is 6.07. The lowest BCUT2D eigenvalue weighted by Gasteiger charge is -2.08. The van der Waals surface area contributed by atoms with Crippen molar-refractivity contribution in [1.82, 2.24) is 5.48 Å². The molecule has 0 aliphatic rings. The van der Waals surface area contributed by atoms with Crippen LogP contribution in [0, 0.1) is 5.92 Å². The molecule has 0 aromatic heterocycles. The van der Waals surface area contributed by atoms with Gasteiger partial charge in [-0.05, 0) is 18.8 Å². The maximum Gasteiger partial charge on any atom is 0.413 e. The average molecular weight is 199 g/mol. The van der Waals surface area contributed by atoms with Gasteiger partial charge in [0.1, 0.15) is 0 Å². The van der Waals surface area contributed by atoms with E-state index in [9.17, 15) is 13.2 Å². The smallest absolute Gasteiger partial charge is 0.292 e. The first kappa shape index (κ1) is 12.7. The predicted octanol–water partition coefficient (Wildman–Crippen LogP) is 2.51. The quantitative estimate of drug-likeness (QED) is 0.524. The van der Waals surface area contributed by atoms with Crippen molar-refractivity contribution in [3.05, 3.63) is 0 Å². The van der Waals surface area contributed by atoms with Crippen LogP contribution in [0.25, 0.3) is 0 Å². The summed E-state index contributed by atoms with van der Waals surface area (Å²) in [5.74, 6) is 0.574. The largest absolute Gasteiger partial charge is 0.413 e. The molecular formula is C8H16F3NO. The van der Waals surface area contributed by atoms with E-state index in [1.54, 1.807) is 0 Å². The van der Waals surface area contributed by atoms with Gasteiger partial charge in [0.15, 0.2) is 6.61 Å². The summed E-state index contributed by atoms with van der Waals surface area (Å²) in [4.78, 5) is 4.20. The molecule has 2 nitrogen and oxygen atoms in total. The van der Waals surface area contributed by atoms with Gasteiger partial charge in [0, 0.05) is 6.54 Å². The van der Waals surface area contributed by atoms with Gasteiger partial charge < -0.3 is 0 Å². The van der Waals surface area contributed by atoms with Gasteiger partial charge in [-0.2, -0.15) is 13.2 Å². The van der Waals surface area contributed by atoms with Crippen molar-refractivity contribution >= 4 is 0 Å². The molecule has 0 aliphatic carbocycles. The zero-order valence-electron chi connectivity index (χ0n) is 7.95. The highest BCUT2D eigenvalue weighted by Crippen LogP contribution is 2.13. The summed E-state index contributed by atoms with van der Waals surface area (Å²) in [6.45, 7) is 3.37. The molecule has 1 N–H and O–H groups in total. The Morgan fingerprint density at radius 3 is 2.38 bits per heavy atom. The van der Waals surface area contributed by atoms with Gasteiger partial charge in [-0.25, -0.2) is 5.48 Å². The fraction of sp³-hybridized carbons (Fsp3) is 1.00. The molecule has 0 atom stereocenters. The van der Waals surface area contributed by atoms with E-state index in [1.807, 2.05) is 0 Å². The van der Waals surface area contributed by atoms with Gasteiger partial charge in [0.2, 0.25) is 0 Å². The van der Waals surface area contributed by atoms with E-state index in [1.165, 1.54) is 0 Å². The van der Waals surface area contributed by atoms with E-state index in [2.05, 4.69) is 24.2 Å². The third-order valence-electron chi connectivity index (χ3n) is 1.40. The minimum Gasteiger partial charge on any atom is -0.292 e. The Morgan fingerprint density at radius 2 is 1.92 bits per heavy atom. The van der Waals surface area contributed by atoms with Crippen molar-refractivity contribution in [1.29, 1.82) is 0 Å². The van der Waals surface area contributed by atoms with E-state index in [0.29, 0.717) is 12.5 Å². The minimum atomic E-state index is -4.24. The highest BCUT2D eigenvalue weighted by Gasteiger charge is 2.27. The highest BCUT2D eigenvalue weighted by atomic mass is 19.4. The van der Waals surface area contributed by atoms with Gasteiger partial charge in [-0.15, -0.1) is 0 Å². The van der Waals surface area contributed by atoms with Gasteiger partial charge in [-0.1, -0.05) is 13.8 Å². The molecule has 0 unspecified atom stereocenters. The van der Waals surface area contributed by atoms with Gasteiger partial charge >= 0.3 is 6.18 Å². The molecule has 0 aromatic rings. The van der Waals surface area contributed by atoms with Crippen molar-refractivity contribution in [2.75, 3.05) is 13.2 Å². The predicted molar refractivity (Wildman–Crippen MR) is 44.1 cm³/mol. The summed E-state index contributed by atoms with van der Waals surface area (Å²) in [6.07, 6.45) is -2.43. The zero-order chi connectivity index (χ0) is 10.3. The van der Waals surface area contributed by atoms with E-state index >= 15 is 0 Å². The summed E-state index contributed by atoms with van der Waals surface area (Å²) in [6, 6.07) is 0. The number of hydroxylamine groups is 1. The van der Waals surface area contributed by atoms with Crippen molar-refractivity contribution in [2.45, 2.75) is 32.9 Å². The normalized spacial score (nSPS) is 12.5. The first-order valence-electron chi connectivity index (χ1n) is 4.33. The molecule has 0 rings (SSSR count). The van der Waals surface area contributed by atoms with E-state index in [-0.39, 0.29) is 0 Å². The number of hydrogen-bond donors (Lipinski definition) is 1. The van der Waals surface area contributed by atoms with Crippen LogP contribution in [0.2, 0.25) is 0 Å². The number of halogens is 3. The topological polar surface area (TPSA) is 21.3 Å². The Hall–Kier alpha value is -0.290. The fourth-order valence-corrected chi connectivity index (χ4v) is 0.788. The lowest BCUT2D eigenvalue weighted by molar-refractivity contribution is -0.189. The third-order valence-corrected chi connectivity index (χ3v) is 1.40. The molecule has 5 heteroatoms. The molecule has 80 valence electrons. The van der Waals surface area contributed by atoms with Crippen molar-refractivity contribution in [2.24, 2.45) is 5.92 Å². The Balaban J connectivity index is 3.09. The third kappa shape index (κ3) is 11.7. The molecule has 0 bridgehead atoms. The Morgan fingerprint density at radius 1 is 1.31 bits per heavy atom. The fourth-order valence-electron chi connectivity index (χ4n) is 0.788. The molecule has 13 heavy (non-hydrogen) atoms. The summed E-state index contributed by atoms with van der Waals surface area (Å²) in [7, 11) is 0. The van der Waals surface area contributed by atoms with Crippen LogP contribution in [0.3, 0.4) is 0 Å². The first-order valence-corrected chi connectivity index (χ1v) is 4.33. The van der Waals surface area contributed by atoms with Crippen LogP contribution in [-0.4, -0.2) is 19.3 Å². The van der Waals surface area contributed by atoms with Crippen LogP contribution in [0.1, 0.15) is 26.7 Å². The second-order valence-corrected chi connectivity index (χ2v) is 3.33. The standard InChI is InChI=1S/C8H16F3NO/c1-7(2)4-3-5-12-13-6-8(9,10)11/h7,12H,3-6H2,1-2H3. The summed E-state index contributed by atoms with van der Waals surface area (Å²) < 4.78 is 34.6. The SMILES string of the molecule is CC(C)CCCNOCC(F)(F)F. The lowest BCUT2D eigenvalue weighted by atomic mass is 10.1. The zero-order valence-corrected chi connectivity index (χ0v) is 7.95. The summed E-state index contributed by atoms with van der Waals surface area (Å²) in [5.41, 5.74) is 2.28. The number of hydrogen-bond acceptors (Lipinski definition) is 2. The molecule has 0 radical (unpaired) electrons. The second kappa shape index (κ2) is 6.21. The molecule has 0 fully saturated rings.